The van der Waals surface area contributed by atoms with E-state index in [1.54, 1.807) is 0 Å². The molecule has 1 aromatic rings. The maximum atomic E-state index is 8.29. The Labute approximate surface area is 123 Å². The first kappa shape index (κ1) is 19.3. The van der Waals surface area contributed by atoms with E-state index in [9.17, 15) is 0 Å². The van der Waals surface area contributed by atoms with Crippen LogP contribution in [0.2, 0.25) is 0 Å². The summed E-state index contributed by atoms with van der Waals surface area (Å²) in [6.45, 7) is 7.42. The molecule has 0 aliphatic rings. The summed E-state index contributed by atoms with van der Waals surface area (Å²) in [7, 11) is -1.69. The highest BCUT2D eigenvalue weighted by Crippen LogP contribution is 2.12. The average molecular weight is 302 g/mol. The second-order valence-corrected chi connectivity index (χ2v) is 5.22. The van der Waals surface area contributed by atoms with Crippen LogP contribution in [0.15, 0.2) is 0 Å². The molecule has 0 aliphatic heterocycles. The number of rotatable bonds is 5. The van der Waals surface area contributed by atoms with E-state index in [4.69, 9.17) is 32.0 Å². The zero-order chi connectivity index (χ0) is 16.5. The topological polar surface area (TPSA) is 176 Å². The van der Waals surface area contributed by atoms with Crippen LogP contribution in [0, 0.1) is 5.41 Å². The first-order chi connectivity index (χ1) is 9.60. The first-order valence-electron chi connectivity index (χ1n) is 6.18. The van der Waals surface area contributed by atoms with E-state index in [0.717, 1.165) is 0 Å². The molecule has 0 aliphatic carbocycles. The Hall–Kier alpha value is -1.69. The lowest BCUT2D eigenvalue weighted by molar-refractivity contribution is 0.0407. The molecular weight excluding hydrogens is 279 g/mol. The molecule has 1 rings (SSSR count). The third-order valence-corrected chi connectivity index (χ3v) is 1.72. The van der Waals surface area contributed by atoms with Gasteiger partial charge in [0.2, 0.25) is 17.8 Å². The third kappa shape index (κ3) is 13.1. The van der Waals surface area contributed by atoms with E-state index >= 15 is 0 Å². The van der Waals surface area contributed by atoms with Crippen molar-refractivity contribution < 1.29 is 19.4 Å². The van der Waals surface area contributed by atoms with Gasteiger partial charge in [0.05, 0.1) is 19.8 Å². The van der Waals surface area contributed by atoms with Gasteiger partial charge in [0.1, 0.15) is 0 Å². The predicted molar refractivity (Wildman–Crippen MR) is 79.5 cm³/mol. The average Bonchev–Trinajstić information content (AvgIpc) is 2.25. The largest absolute Gasteiger partial charge is 0.633 e. The summed E-state index contributed by atoms with van der Waals surface area (Å²) < 4.78 is 9.64. The molecule has 0 bridgehead atoms. The molecule has 21 heavy (non-hydrogen) atoms. The van der Waals surface area contributed by atoms with Crippen molar-refractivity contribution in [3.8, 4) is 0 Å². The molecule has 8 N–H and O–H groups in total. The number of hydrogen-bond acceptors (Lipinski definition) is 10. The van der Waals surface area contributed by atoms with E-state index in [1.807, 2.05) is 0 Å². The van der Waals surface area contributed by atoms with Crippen LogP contribution in [0.5, 0.6) is 0 Å². The van der Waals surface area contributed by atoms with Gasteiger partial charge in [0.25, 0.3) is 0 Å². The van der Waals surface area contributed by atoms with Gasteiger partial charge in [-0.3, -0.25) is 0 Å². The summed E-state index contributed by atoms with van der Waals surface area (Å²) in [5.41, 5.74) is 15.5. The molecule has 1 heterocycles. The van der Waals surface area contributed by atoms with Crippen LogP contribution >= 0.6 is 0 Å². The molecule has 0 atom stereocenters. The van der Waals surface area contributed by atoms with E-state index in [2.05, 4.69) is 40.4 Å². The number of nitrogen functional groups attached to an aromatic ring is 3. The molecule has 0 saturated carbocycles. The number of anilines is 3. The molecule has 0 aromatic carbocycles. The molecule has 10 nitrogen and oxygen atoms in total. The number of hydrogen-bond donors (Lipinski definition) is 5. The maximum absolute atomic E-state index is 8.29. The molecule has 0 unspecified atom stereocenters. The smallest absolute Gasteiger partial charge is 0.402 e. The molecule has 0 saturated heterocycles. The molecule has 1 aromatic heterocycles. The lowest BCUT2D eigenvalue weighted by Crippen LogP contribution is -2.22. The van der Waals surface area contributed by atoms with Crippen molar-refractivity contribution in [3.05, 3.63) is 0 Å². The summed E-state index contributed by atoms with van der Waals surface area (Å²) in [6.07, 6.45) is 0. The van der Waals surface area contributed by atoms with Crippen molar-refractivity contribution >= 4 is 25.2 Å². The van der Waals surface area contributed by atoms with E-state index in [1.165, 1.54) is 0 Å². The van der Waals surface area contributed by atoms with Crippen LogP contribution < -0.4 is 17.2 Å². The van der Waals surface area contributed by atoms with Crippen LogP contribution in [0.3, 0.4) is 0 Å². The summed E-state index contributed by atoms with van der Waals surface area (Å²) in [5, 5.41) is 16.6. The van der Waals surface area contributed by atoms with Gasteiger partial charge in [-0.2, -0.15) is 15.0 Å². The maximum Gasteiger partial charge on any atom is 0.633 e. The minimum absolute atomic E-state index is 0.0417. The lowest BCUT2D eigenvalue weighted by Gasteiger charge is -2.17. The van der Waals surface area contributed by atoms with Crippen molar-refractivity contribution in [2.24, 2.45) is 5.41 Å². The standard InChI is InChI=1S/C7H17BO4.C3H6N6/c1-7(2,3)6-11-4-5-12-8(9)10;4-1-7-2(5)9-3(6)8-1/h9-10H,4-6H2,1-3H3;(H6,4,5,6,7,8,9). The number of aromatic nitrogens is 3. The molecule has 0 fully saturated rings. The fourth-order valence-electron chi connectivity index (χ4n) is 1.02. The summed E-state index contributed by atoms with van der Waals surface area (Å²) in [4.78, 5) is 10.5. The third-order valence-electron chi connectivity index (χ3n) is 1.72. The zero-order valence-corrected chi connectivity index (χ0v) is 12.5. The fraction of sp³-hybridized carbons (Fsp3) is 0.700. The lowest BCUT2D eigenvalue weighted by atomic mass is 9.99. The molecule has 120 valence electrons. The van der Waals surface area contributed by atoms with Crippen molar-refractivity contribution in [1.82, 2.24) is 15.0 Å². The molecule has 0 radical (unpaired) electrons. The van der Waals surface area contributed by atoms with E-state index in [-0.39, 0.29) is 29.9 Å². The minimum atomic E-state index is -1.69. The Bertz CT molecular complexity index is 365. The monoisotopic (exact) mass is 302 g/mol. The molecule has 11 heteroatoms. The fourth-order valence-corrected chi connectivity index (χ4v) is 1.02. The molecular formula is C10H23BN6O4. The van der Waals surface area contributed by atoms with Crippen LogP contribution in [-0.2, 0) is 9.39 Å². The highest BCUT2D eigenvalue weighted by molar-refractivity contribution is 6.32. The van der Waals surface area contributed by atoms with Gasteiger partial charge in [-0.05, 0) is 5.41 Å². The normalized spacial score (nSPS) is 10.7. The second-order valence-electron chi connectivity index (χ2n) is 5.22. The van der Waals surface area contributed by atoms with E-state index < -0.39 is 7.32 Å². The van der Waals surface area contributed by atoms with Crippen LogP contribution in [0.25, 0.3) is 0 Å². The summed E-state index contributed by atoms with van der Waals surface area (Å²) in [5.74, 6) is 0.125. The Kier molecular flexibility index (Phi) is 8.54. The summed E-state index contributed by atoms with van der Waals surface area (Å²) in [6, 6.07) is 0. The minimum Gasteiger partial charge on any atom is -0.402 e. The van der Waals surface area contributed by atoms with Gasteiger partial charge in [-0.25, -0.2) is 0 Å². The van der Waals surface area contributed by atoms with Gasteiger partial charge in [-0.15, -0.1) is 0 Å². The van der Waals surface area contributed by atoms with Crippen molar-refractivity contribution in [2.75, 3.05) is 37.0 Å². The SMILES string of the molecule is CC(C)(C)COCCOB(O)O.Nc1nc(N)nc(N)n1. The molecule has 0 amide bonds. The second kappa shape index (κ2) is 9.29. The summed E-state index contributed by atoms with van der Waals surface area (Å²) >= 11 is 0. The number of ether oxygens (including phenoxy) is 1. The zero-order valence-electron chi connectivity index (χ0n) is 12.5. The Morgan fingerprint density at radius 3 is 1.71 bits per heavy atom. The van der Waals surface area contributed by atoms with Gasteiger partial charge in [0.15, 0.2) is 0 Å². The number of nitrogens with two attached hydrogens (primary N) is 3. The van der Waals surface area contributed by atoms with Crippen molar-refractivity contribution in [1.29, 1.82) is 0 Å². The van der Waals surface area contributed by atoms with Gasteiger partial charge in [-0.1, -0.05) is 20.8 Å². The highest BCUT2D eigenvalue weighted by Gasteiger charge is 2.11. The van der Waals surface area contributed by atoms with Gasteiger partial charge < -0.3 is 36.6 Å². The van der Waals surface area contributed by atoms with Crippen molar-refractivity contribution in [3.63, 3.8) is 0 Å². The van der Waals surface area contributed by atoms with E-state index in [0.29, 0.717) is 13.2 Å². The predicted octanol–water partition coefficient (Wildman–Crippen LogP) is -1.35. The quantitative estimate of drug-likeness (QED) is 0.323. The Balaban J connectivity index is 0.000000394. The molecule has 0 spiro atoms. The first-order valence-corrected chi connectivity index (χ1v) is 6.18. The van der Waals surface area contributed by atoms with Crippen LogP contribution in [-0.4, -0.2) is 52.1 Å². The highest BCUT2D eigenvalue weighted by atomic mass is 16.6. The van der Waals surface area contributed by atoms with Crippen LogP contribution in [0.1, 0.15) is 20.8 Å². The van der Waals surface area contributed by atoms with Crippen LogP contribution in [0.4, 0.5) is 17.8 Å². The Morgan fingerprint density at radius 2 is 1.38 bits per heavy atom. The van der Waals surface area contributed by atoms with Gasteiger partial charge >= 0.3 is 7.32 Å². The number of nitrogens with zero attached hydrogens (tertiary/aromatic N) is 3. The van der Waals surface area contributed by atoms with Gasteiger partial charge in [0, 0.05) is 0 Å². The van der Waals surface area contributed by atoms with Crippen molar-refractivity contribution in [2.45, 2.75) is 20.8 Å². The Morgan fingerprint density at radius 1 is 0.952 bits per heavy atom.